The van der Waals surface area contributed by atoms with E-state index in [0.29, 0.717) is 12.0 Å². The fraction of sp³-hybridized carbons (Fsp3) is 0.500. The van der Waals surface area contributed by atoms with Gasteiger partial charge < -0.3 is 5.11 Å². The van der Waals surface area contributed by atoms with Crippen LogP contribution in [0.3, 0.4) is 0 Å². The molecule has 21 heavy (non-hydrogen) atoms. The van der Waals surface area contributed by atoms with Crippen LogP contribution in [-0.2, 0) is 16.6 Å². The molecule has 0 atom stereocenters. The molecular weight excluding hydrogens is 292 g/mol. The summed E-state index contributed by atoms with van der Waals surface area (Å²) in [5.41, 5.74) is 0.833. The van der Waals surface area contributed by atoms with E-state index in [1.165, 1.54) is 28.8 Å². The molecule has 1 N–H and O–H groups in total. The molecule has 1 rings (SSSR count). The maximum atomic E-state index is 12.2. The van der Waals surface area contributed by atoms with Gasteiger partial charge in [-0.15, -0.1) is 0 Å². The second-order valence-corrected chi connectivity index (χ2v) is 7.25. The van der Waals surface area contributed by atoms with Crippen LogP contribution in [0.5, 0.6) is 0 Å². The number of rotatable bonds is 7. The first-order valence-corrected chi connectivity index (χ1v) is 8.08. The maximum Gasteiger partial charge on any atom is 0.335 e. The molecule has 0 amide bonds. The van der Waals surface area contributed by atoms with Gasteiger partial charge in [-0.25, -0.2) is 4.79 Å². The van der Waals surface area contributed by atoms with Crippen LogP contribution < -0.4 is 0 Å². The SMILES string of the molecule is CC(C)N(C)S(=O)(=O)N(C)CCc1ccccc1C(=O)O. The van der Waals surface area contributed by atoms with E-state index in [4.69, 9.17) is 5.11 Å². The van der Waals surface area contributed by atoms with Gasteiger partial charge in [0.2, 0.25) is 0 Å². The zero-order valence-corrected chi connectivity index (χ0v) is 13.6. The highest BCUT2D eigenvalue weighted by Crippen LogP contribution is 2.13. The molecular formula is C14H22N2O4S. The lowest BCUT2D eigenvalue weighted by Gasteiger charge is -2.27. The van der Waals surface area contributed by atoms with Crippen molar-refractivity contribution in [2.45, 2.75) is 26.3 Å². The van der Waals surface area contributed by atoms with Crippen molar-refractivity contribution in [1.82, 2.24) is 8.61 Å². The quantitative estimate of drug-likeness (QED) is 0.826. The van der Waals surface area contributed by atoms with Crippen molar-refractivity contribution in [3.8, 4) is 0 Å². The molecule has 0 radical (unpaired) electrons. The van der Waals surface area contributed by atoms with Gasteiger partial charge in [0.05, 0.1) is 5.56 Å². The smallest absolute Gasteiger partial charge is 0.335 e. The number of hydrogen-bond donors (Lipinski definition) is 1. The third-order valence-corrected chi connectivity index (χ3v) is 5.55. The Morgan fingerprint density at radius 2 is 1.81 bits per heavy atom. The van der Waals surface area contributed by atoms with Gasteiger partial charge >= 0.3 is 5.97 Å². The van der Waals surface area contributed by atoms with Gasteiger partial charge in [0, 0.05) is 26.7 Å². The fourth-order valence-electron chi connectivity index (χ4n) is 1.83. The summed E-state index contributed by atoms with van der Waals surface area (Å²) >= 11 is 0. The highest BCUT2D eigenvalue weighted by Gasteiger charge is 2.25. The van der Waals surface area contributed by atoms with E-state index in [2.05, 4.69) is 0 Å². The molecule has 1 aromatic carbocycles. The van der Waals surface area contributed by atoms with Crippen molar-refractivity contribution in [1.29, 1.82) is 0 Å². The van der Waals surface area contributed by atoms with Crippen molar-refractivity contribution in [2.24, 2.45) is 0 Å². The molecule has 7 heteroatoms. The molecule has 118 valence electrons. The Morgan fingerprint density at radius 3 is 2.33 bits per heavy atom. The zero-order valence-electron chi connectivity index (χ0n) is 12.8. The molecule has 0 aliphatic heterocycles. The summed E-state index contributed by atoms with van der Waals surface area (Å²) in [5, 5.41) is 9.11. The predicted octanol–water partition coefficient (Wildman–Crippen LogP) is 1.44. The van der Waals surface area contributed by atoms with Gasteiger partial charge in [0.25, 0.3) is 10.2 Å². The summed E-state index contributed by atoms with van der Waals surface area (Å²) in [6, 6.07) is 6.49. The summed E-state index contributed by atoms with van der Waals surface area (Å²) in [6.07, 6.45) is 0.351. The molecule has 0 fully saturated rings. The lowest BCUT2D eigenvalue weighted by atomic mass is 10.1. The number of carboxylic acid groups (broad SMARTS) is 1. The molecule has 0 saturated heterocycles. The Morgan fingerprint density at radius 1 is 1.24 bits per heavy atom. The minimum atomic E-state index is -3.52. The van der Waals surface area contributed by atoms with Gasteiger partial charge in [0.15, 0.2) is 0 Å². The van der Waals surface area contributed by atoms with Crippen LogP contribution in [0.4, 0.5) is 0 Å². The number of hydrogen-bond acceptors (Lipinski definition) is 3. The summed E-state index contributed by atoms with van der Waals surface area (Å²) in [6.45, 7) is 3.82. The minimum Gasteiger partial charge on any atom is -0.478 e. The zero-order chi connectivity index (χ0) is 16.2. The summed E-state index contributed by atoms with van der Waals surface area (Å²) < 4.78 is 27.0. The second kappa shape index (κ2) is 7.02. The van der Waals surface area contributed by atoms with E-state index in [9.17, 15) is 13.2 Å². The van der Waals surface area contributed by atoms with E-state index >= 15 is 0 Å². The third-order valence-electron chi connectivity index (χ3n) is 3.43. The molecule has 0 aliphatic carbocycles. The highest BCUT2D eigenvalue weighted by atomic mass is 32.2. The van der Waals surface area contributed by atoms with Crippen molar-refractivity contribution >= 4 is 16.2 Å². The number of nitrogens with zero attached hydrogens (tertiary/aromatic N) is 2. The van der Waals surface area contributed by atoms with E-state index in [0.717, 1.165) is 0 Å². The molecule has 0 aromatic heterocycles. The number of carbonyl (C=O) groups is 1. The monoisotopic (exact) mass is 314 g/mol. The number of aromatic carboxylic acids is 1. The number of benzene rings is 1. The molecule has 1 aromatic rings. The third kappa shape index (κ3) is 4.26. The Hall–Kier alpha value is -1.44. The van der Waals surface area contributed by atoms with Crippen LogP contribution in [-0.4, -0.2) is 54.8 Å². The summed E-state index contributed by atoms with van der Waals surface area (Å²) in [4.78, 5) is 11.1. The Bertz CT molecular complexity index is 599. The average Bonchev–Trinajstić information content (AvgIpc) is 2.43. The maximum absolute atomic E-state index is 12.2. The molecule has 0 unspecified atom stereocenters. The van der Waals surface area contributed by atoms with Gasteiger partial charge in [-0.05, 0) is 31.9 Å². The molecule has 6 nitrogen and oxygen atoms in total. The first-order chi connectivity index (χ1) is 9.67. The Labute approximate surface area is 126 Å². The van der Waals surface area contributed by atoms with Crippen LogP contribution in [0, 0.1) is 0 Å². The fourth-order valence-corrected chi connectivity index (χ4v) is 3.12. The van der Waals surface area contributed by atoms with E-state index < -0.39 is 16.2 Å². The number of carboxylic acids is 1. The first kappa shape index (κ1) is 17.6. The van der Waals surface area contributed by atoms with Crippen molar-refractivity contribution in [3.63, 3.8) is 0 Å². The normalized spacial score (nSPS) is 12.3. The van der Waals surface area contributed by atoms with E-state index in [-0.39, 0.29) is 18.2 Å². The van der Waals surface area contributed by atoms with Gasteiger partial charge in [-0.3, -0.25) is 0 Å². The van der Waals surface area contributed by atoms with Crippen molar-refractivity contribution < 1.29 is 18.3 Å². The van der Waals surface area contributed by atoms with Gasteiger partial charge in [-0.2, -0.15) is 17.0 Å². The van der Waals surface area contributed by atoms with E-state index in [1.54, 1.807) is 32.0 Å². The summed E-state index contributed by atoms with van der Waals surface area (Å²) in [7, 11) is -0.495. The van der Waals surface area contributed by atoms with Gasteiger partial charge in [-0.1, -0.05) is 18.2 Å². The Kier molecular flexibility index (Phi) is 5.88. The minimum absolute atomic E-state index is 0.135. The lowest BCUT2D eigenvalue weighted by molar-refractivity contribution is 0.0695. The van der Waals surface area contributed by atoms with Crippen LogP contribution in [0.1, 0.15) is 29.8 Å². The molecule has 0 heterocycles. The molecule has 0 saturated carbocycles. The first-order valence-electron chi connectivity index (χ1n) is 6.68. The van der Waals surface area contributed by atoms with E-state index in [1.807, 2.05) is 0 Å². The summed E-state index contributed by atoms with van der Waals surface area (Å²) in [5.74, 6) is -1.00. The van der Waals surface area contributed by atoms with Crippen LogP contribution in [0.2, 0.25) is 0 Å². The predicted molar refractivity (Wildman–Crippen MR) is 81.6 cm³/mol. The number of likely N-dealkylation sites (N-methyl/N-ethyl adjacent to an activating group) is 1. The molecule has 0 spiro atoms. The standard InChI is InChI=1S/C14H22N2O4S/c1-11(2)16(4)21(19,20)15(3)10-9-12-7-5-6-8-13(12)14(17)18/h5-8,11H,9-10H2,1-4H3,(H,17,18). The average molecular weight is 314 g/mol. The van der Waals surface area contributed by atoms with Crippen molar-refractivity contribution in [3.05, 3.63) is 35.4 Å². The highest BCUT2D eigenvalue weighted by molar-refractivity contribution is 7.86. The largest absolute Gasteiger partial charge is 0.478 e. The molecule has 0 bridgehead atoms. The van der Waals surface area contributed by atoms with Gasteiger partial charge in [0.1, 0.15) is 0 Å². The van der Waals surface area contributed by atoms with Crippen LogP contribution in [0.15, 0.2) is 24.3 Å². The van der Waals surface area contributed by atoms with Crippen LogP contribution >= 0.6 is 0 Å². The van der Waals surface area contributed by atoms with Crippen LogP contribution in [0.25, 0.3) is 0 Å². The second-order valence-electron chi connectivity index (χ2n) is 5.15. The Balaban J connectivity index is 2.83. The molecule has 0 aliphatic rings. The van der Waals surface area contributed by atoms with Crippen molar-refractivity contribution in [2.75, 3.05) is 20.6 Å². The lowest BCUT2D eigenvalue weighted by Crippen LogP contribution is -2.43. The topological polar surface area (TPSA) is 77.9 Å².